The summed E-state index contributed by atoms with van der Waals surface area (Å²) in [6.45, 7) is 8.36. The van der Waals surface area contributed by atoms with Gasteiger partial charge in [0.05, 0.1) is 19.2 Å². The van der Waals surface area contributed by atoms with Crippen molar-refractivity contribution in [3.05, 3.63) is 40.7 Å². The van der Waals surface area contributed by atoms with Crippen LogP contribution in [0.3, 0.4) is 0 Å². The molecule has 1 aliphatic rings. The predicted octanol–water partition coefficient (Wildman–Crippen LogP) is 3.45. The molecule has 0 spiro atoms. The number of likely N-dealkylation sites (tertiary alicyclic amines) is 1. The molecule has 7 nitrogen and oxygen atoms in total. The number of rotatable bonds is 5. The molecule has 1 N–H and O–H groups in total. The third-order valence-corrected chi connectivity index (χ3v) is 5.35. The quantitative estimate of drug-likeness (QED) is 0.778. The second kappa shape index (κ2) is 8.45. The van der Waals surface area contributed by atoms with Crippen LogP contribution in [-0.2, 0) is 11.3 Å². The largest absolute Gasteiger partial charge is 0.497 e. The smallest absolute Gasteiger partial charge is 0.452 e. The first-order chi connectivity index (χ1) is 13.7. The number of aromatic nitrogens is 1. The van der Waals surface area contributed by atoms with E-state index >= 15 is 0 Å². The highest BCUT2D eigenvalue weighted by Crippen LogP contribution is 2.21. The number of hydrogen-bond donors (Lipinski definition) is 1. The standard InChI is InChI=1S/C22H31N3O4/c1-22(2,3)29-21(27)23-25(13-6-5-7-14-25)15-12-24-19-16-18(28-4)10-8-17(19)9-11-20(24)26/h8-11,16H,5-7,12-15H2,1-4H3/p+1. The summed E-state index contributed by atoms with van der Waals surface area (Å²) in [5.41, 5.74) is 3.32. The number of benzene rings is 1. The number of nitrogens with one attached hydrogen (secondary N) is 1. The van der Waals surface area contributed by atoms with Gasteiger partial charge in [0.1, 0.15) is 31.0 Å². The Morgan fingerprint density at radius 1 is 1.14 bits per heavy atom. The lowest BCUT2D eigenvalue weighted by atomic mass is 10.1. The van der Waals surface area contributed by atoms with Gasteiger partial charge in [0.15, 0.2) is 0 Å². The Labute approximate surface area is 171 Å². The first-order valence-electron chi connectivity index (χ1n) is 10.3. The molecule has 1 aromatic heterocycles. The van der Waals surface area contributed by atoms with Crippen molar-refractivity contribution in [2.75, 3.05) is 26.7 Å². The van der Waals surface area contributed by atoms with E-state index in [1.807, 2.05) is 45.0 Å². The minimum Gasteiger partial charge on any atom is -0.497 e. The van der Waals surface area contributed by atoms with Crippen LogP contribution in [-0.4, -0.2) is 47.6 Å². The van der Waals surface area contributed by atoms with Crippen molar-refractivity contribution in [1.82, 2.24) is 9.99 Å². The van der Waals surface area contributed by atoms with Crippen LogP contribution < -0.4 is 15.7 Å². The fourth-order valence-electron chi connectivity index (χ4n) is 3.92. The Balaban J connectivity index is 1.85. The number of ether oxygens (including phenoxy) is 2. The van der Waals surface area contributed by atoms with E-state index in [1.54, 1.807) is 17.7 Å². The summed E-state index contributed by atoms with van der Waals surface area (Å²) in [7, 11) is 1.62. The number of carbonyl (C=O) groups is 1. The summed E-state index contributed by atoms with van der Waals surface area (Å²) in [5, 5.41) is 0.982. The van der Waals surface area contributed by atoms with Crippen molar-refractivity contribution in [2.45, 2.75) is 52.2 Å². The van der Waals surface area contributed by atoms with Crippen LogP contribution in [0.5, 0.6) is 5.75 Å². The number of carbonyl (C=O) groups excluding carboxylic acids is 1. The van der Waals surface area contributed by atoms with Crippen LogP contribution in [0.1, 0.15) is 40.0 Å². The van der Waals surface area contributed by atoms with Crippen molar-refractivity contribution < 1.29 is 18.9 Å². The van der Waals surface area contributed by atoms with Crippen LogP contribution in [0.4, 0.5) is 4.79 Å². The van der Waals surface area contributed by atoms with Gasteiger partial charge < -0.3 is 14.0 Å². The van der Waals surface area contributed by atoms with Crippen molar-refractivity contribution >= 4 is 17.0 Å². The normalized spacial score (nSPS) is 16.4. The van der Waals surface area contributed by atoms with Gasteiger partial charge in [0, 0.05) is 12.1 Å². The maximum absolute atomic E-state index is 12.6. The van der Waals surface area contributed by atoms with Crippen molar-refractivity contribution in [1.29, 1.82) is 0 Å². The first-order valence-corrected chi connectivity index (χ1v) is 10.3. The molecule has 1 saturated heterocycles. The molecule has 2 heterocycles. The monoisotopic (exact) mass is 402 g/mol. The molecule has 1 amide bonds. The molecule has 0 saturated carbocycles. The Morgan fingerprint density at radius 3 is 2.48 bits per heavy atom. The van der Waals surface area contributed by atoms with E-state index < -0.39 is 11.7 Å². The highest BCUT2D eigenvalue weighted by molar-refractivity contribution is 5.80. The summed E-state index contributed by atoms with van der Waals surface area (Å²) < 4.78 is 13.0. The van der Waals surface area contributed by atoms with Gasteiger partial charge in [-0.2, -0.15) is 5.43 Å². The van der Waals surface area contributed by atoms with Gasteiger partial charge in [-0.1, -0.05) is 0 Å². The van der Waals surface area contributed by atoms with Crippen molar-refractivity contribution in [3.63, 3.8) is 0 Å². The molecule has 0 radical (unpaired) electrons. The average molecular weight is 403 g/mol. The van der Waals surface area contributed by atoms with Gasteiger partial charge in [0.2, 0.25) is 0 Å². The molecule has 7 heteroatoms. The van der Waals surface area contributed by atoms with E-state index in [2.05, 4.69) is 5.43 Å². The zero-order chi connectivity index (χ0) is 21.1. The van der Waals surface area contributed by atoms with E-state index in [0.29, 0.717) is 23.4 Å². The zero-order valence-corrected chi connectivity index (χ0v) is 17.9. The SMILES string of the molecule is COc1ccc2ccc(=O)n(CC[N+]3(NC(=O)OC(C)(C)C)CCCCC3)c2c1. The molecule has 1 aromatic carbocycles. The zero-order valence-electron chi connectivity index (χ0n) is 17.9. The lowest BCUT2D eigenvalue weighted by Gasteiger charge is -2.40. The Hall–Kier alpha value is -2.54. The maximum atomic E-state index is 12.6. The molecule has 0 aliphatic carbocycles. The Kier molecular flexibility index (Phi) is 6.17. The summed E-state index contributed by atoms with van der Waals surface area (Å²) >= 11 is 0. The molecule has 1 fully saturated rings. The molecule has 158 valence electrons. The number of amides is 1. The average Bonchev–Trinajstić information content (AvgIpc) is 2.66. The molecular formula is C22H32N3O4+. The fourth-order valence-corrected chi connectivity index (χ4v) is 3.92. The highest BCUT2D eigenvalue weighted by Gasteiger charge is 2.34. The first kappa shape index (κ1) is 21.2. The molecule has 0 unspecified atom stereocenters. The molecular weight excluding hydrogens is 370 g/mol. The van der Waals surface area contributed by atoms with Gasteiger partial charge in [-0.3, -0.25) is 4.79 Å². The number of methoxy groups -OCH3 is 1. The van der Waals surface area contributed by atoms with Gasteiger partial charge in [0.25, 0.3) is 5.56 Å². The molecule has 0 bridgehead atoms. The minimum absolute atomic E-state index is 0.0572. The van der Waals surface area contributed by atoms with Crippen molar-refractivity contribution in [2.24, 2.45) is 0 Å². The van der Waals surface area contributed by atoms with E-state index in [9.17, 15) is 9.59 Å². The fraction of sp³-hybridized carbons (Fsp3) is 0.545. The van der Waals surface area contributed by atoms with Crippen LogP contribution in [0, 0.1) is 0 Å². The molecule has 29 heavy (non-hydrogen) atoms. The number of pyridine rings is 1. The number of hydrogen-bond acceptors (Lipinski definition) is 4. The second-order valence-electron chi connectivity index (χ2n) is 8.74. The third-order valence-electron chi connectivity index (χ3n) is 5.35. The van der Waals surface area contributed by atoms with Crippen LogP contribution in [0.2, 0.25) is 0 Å². The molecule has 0 atom stereocenters. The van der Waals surface area contributed by atoms with E-state index in [-0.39, 0.29) is 5.56 Å². The maximum Gasteiger partial charge on any atom is 0.452 e. The summed E-state index contributed by atoms with van der Waals surface area (Å²) in [6.07, 6.45) is 2.81. The van der Waals surface area contributed by atoms with Gasteiger partial charge >= 0.3 is 6.09 Å². The predicted molar refractivity (Wildman–Crippen MR) is 113 cm³/mol. The minimum atomic E-state index is -0.549. The van der Waals surface area contributed by atoms with E-state index in [4.69, 9.17) is 9.47 Å². The third kappa shape index (κ3) is 5.29. The van der Waals surface area contributed by atoms with Gasteiger partial charge in [-0.25, -0.2) is 9.39 Å². The Bertz CT molecular complexity index is 924. The number of piperidine rings is 1. The van der Waals surface area contributed by atoms with Gasteiger partial charge in [-0.05, 0) is 63.6 Å². The topological polar surface area (TPSA) is 69.6 Å². The van der Waals surface area contributed by atoms with Crippen molar-refractivity contribution in [3.8, 4) is 5.75 Å². The molecule has 3 rings (SSSR count). The summed E-state index contributed by atoms with van der Waals surface area (Å²) in [5.74, 6) is 0.714. The molecule has 2 aromatic rings. The lowest BCUT2D eigenvalue weighted by molar-refractivity contribution is -0.966. The second-order valence-corrected chi connectivity index (χ2v) is 8.74. The Morgan fingerprint density at radius 2 is 1.83 bits per heavy atom. The number of fused-ring (bicyclic) bond motifs is 1. The van der Waals surface area contributed by atoms with Crippen LogP contribution in [0.25, 0.3) is 10.9 Å². The van der Waals surface area contributed by atoms with Crippen LogP contribution >= 0.6 is 0 Å². The number of nitrogens with zero attached hydrogens (tertiary/aromatic N) is 2. The highest BCUT2D eigenvalue weighted by atomic mass is 16.6. The van der Waals surface area contributed by atoms with Crippen LogP contribution in [0.15, 0.2) is 35.1 Å². The number of quaternary nitrogens is 1. The van der Waals surface area contributed by atoms with Gasteiger partial charge in [-0.15, -0.1) is 0 Å². The summed E-state index contributed by atoms with van der Waals surface area (Å²) in [4.78, 5) is 25.1. The molecule has 1 aliphatic heterocycles. The lowest BCUT2D eigenvalue weighted by Crippen LogP contribution is -2.64. The van der Waals surface area contributed by atoms with E-state index in [1.165, 1.54) is 0 Å². The van der Waals surface area contributed by atoms with E-state index in [0.717, 1.165) is 43.3 Å². The summed E-state index contributed by atoms with van der Waals surface area (Å²) in [6, 6.07) is 9.15.